The third-order valence-electron chi connectivity index (χ3n) is 3.24. The van der Waals surface area contributed by atoms with E-state index in [1.807, 2.05) is 25.5 Å². The van der Waals surface area contributed by atoms with Crippen molar-refractivity contribution in [3.63, 3.8) is 0 Å². The molecule has 0 saturated heterocycles. The molecule has 5 nitrogen and oxygen atoms in total. The summed E-state index contributed by atoms with van der Waals surface area (Å²) in [6.45, 7) is 0.993. The Bertz CT molecular complexity index is 588. The predicted octanol–water partition coefficient (Wildman–Crippen LogP) is 2.83. The Hall–Kier alpha value is -2.02. The Labute approximate surface area is 121 Å². The molecule has 1 heterocycles. The summed E-state index contributed by atoms with van der Waals surface area (Å²) in [5.41, 5.74) is 0.673. The number of alkyl halides is 2. The van der Waals surface area contributed by atoms with Gasteiger partial charge in [-0.25, -0.2) is 0 Å². The van der Waals surface area contributed by atoms with Crippen molar-refractivity contribution in [2.24, 2.45) is 7.05 Å². The average molecular weight is 296 g/mol. The van der Waals surface area contributed by atoms with Gasteiger partial charge in [-0.15, -0.1) is 10.2 Å². The third kappa shape index (κ3) is 3.75. The van der Waals surface area contributed by atoms with Gasteiger partial charge in [0.25, 0.3) is 0 Å². The number of benzene rings is 1. The highest BCUT2D eigenvalue weighted by Gasteiger charge is 2.18. The highest BCUT2D eigenvalue weighted by molar-refractivity contribution is 5.35. The summed E-state index contributed by atoms with van der Waals surface area (Å²) >= 11 is 0. The lowest BCUT2D eigenvalue weighted by atomic mass is 10.1. The third-order valence-corrected chi connectivity index (χ3v) is 3.24. The highest BCUT2D eigenvalue weighted by Crippen LogP contribution is 2.27. The molecule has 2 rings (SSSR count). The molecule has 0 aliphatic rings. The van der Waals surface area contributed by atoms with E-state index in [0.717, 1.165) is 5.82 Å². The highest BCUT2D eigenvalue weighted by atomic mass is 19.3. The van der Waals surface area contributed by atoms with E-state index in [9.17, 15) is 8.78 Å². The van der Waals surface area contributed by atoms with Gasteiger partial charge in [0.1, 0.15) is 17.9 Å². The molecule has 2 atom stereocenters. The van der Waals surface area contributed by atoms with Crippen LogP contribution >= 0.6 is 0 Å². The number of hydrogen-bond donors (Lipinski definition) is 1. The summed E-state index contributed by atoms with van der Waals surface area (Å²) < 4.78 is 31.2. The Morgan fingerprint density at radius 2 is 1.90 bits per heavy atom. The van der Waals surface area contributed by atoms with Crippen molar-refractivity contribution in [3.8, 4) is 5.75 Å². The Morgan fingerprint density at radius 3 is 2.52 bits per heavy atom. The number of rotatable bonds is 6. The number of aryl methyl sites for hydroxylation is 1. The van der Waals surface area contributed by atoms with Gasteiger partial charge in [0.05, 0.1) is 6.04 Å². The van der Waals surface area contributed by atoms with Crippen LogP contribution in [0.25, 0.3) is 0 Å². The molecule has 1 N–H and O–H groups in total. The molecule has 2 aromatic rings. The molecule has 2 unspecified atom stereocenters. The molecule has 21 heavy (non-hydrogen) atoms. The van der Waals surface area contributed by atoms with Crippen molar-refractivity contribution in [1.29, 1.82) is 0 Å². The maximum absolute atomic E-state index is 12.4. The maximum atomic E-state index is 12.4. The van der Waals surface area contributed by atoms with Crippen molar-refractivity contribution in [3.05, 3.63) is 42.0 Å². The van der Waals surface area contributed by atoms with Gasteiger partial charge in [-0.2, -0.15) is 8.78 Å². The summed E-state index contributed by atoms with van der Waals surface area (Å²) in [4.78, 5) is 0. The molecule has 7 heteroatoms. The molecular formula is C14H18F2N4O. The van der Waals surface area contributed by atoms with Crippen LogP contribution in [-0.4, -0.2) is 21.4 Å². The largest absolute Gasteiger partial charge is 0.434 e. The van der Waals surface area contributed by atoms with Crippen molar-refractivity contribution in [2.45, 2.75) is 32.5 Å². The van der Waals surface area contributed by atoms with Crippen LogP contribution in [0, 0.1) is 0 Å². The van der Waals surface area contributed by atoms with Crippen LogP contribution < -0.4 is 10.1 Å². The first-order valence-corrected chi connectivity index (χ1v) is 6.62. The first-order chi connectivity index (χ1) is 9.99. The monoisotopic (exact) mass is 296 g/mol. The van der Waals surface area contributed by atoms with Gasteiger partial charge in [-0.1, -0.05) is 18.2 Å². The molecule has 1 aromatic heterocycles. The van der Waals surface area contributed by atoms with E-state index < -0.39 is 6.61 Å². The first kappa shape index (κ1) is 15.4. The van der Waals surface area contributed by atoms with Crippen molar-refractivity contribution < 1.29 is 13.5 Å². The van der Waals surface area contributed by atoms with Crippen LogP contribution in [0.2, 0.25) is 0 Å². The number of aromatic nitrogens is 3. The molecule has 1 aromatic carbocycles. The Morgan fingerprint density at radius 1 is 1.19 bits per heavy atom. The molecule has 0 amide bonds. The quantitative estimate of drug-likeness (QED) is 0.890. The summed E-state index contributed by atoms with van der Waals surface area (Å²) in [7, 11) is 1.85. The SMILES string of the molecule is CC(NC(C)c1nncn1C)c1ccccc1OC(F)F. The second-order valence-corrected chi connectivity index (χ2v) is 4.83. The molecule has 0 aliphatic carbocycles. The van der Waals surface area contributed by atoms with Crippen LogP contribution in [0.4, 0.5) is 8.78 Å². The van der Waals surface area contributed by atoms with E-state index in [-0.39, 0.29) is 17.8 Å². The van der Waals surface area contributed by atoms with Gasteiger partial charge in [0.2, 0.25) is 0 Å². The summed E-state index contributed by atoms with van der Waals surface area (Å²) in [5.74, 6) is 0.951. The second-order valence-electron chi connectivity index (χ2n) is 4.83. The fourth-order valence-corrected chi connectivity index (χ4v) is 2.27. The van der Waals surface area contributed by atoms with Gasteiger partial charge in [0, 0.05) is 18.7 Å². The number of halogens is 2. The predicted molar refractivity (Wildman–Crippen MR) is 74.0 cm³/mol. The first-order valence-electron chi connectivity index (χ1n) is 6.62. The molecule has 0 fully saturated rings. The Kier molecular flexibility index (Phi) is 4.85. The minimum atomic E-state index is -2.84. The fourth-order valence-electron chi connectivity index (χ4n) is 2.27. The molecular weight excluding hydrogens is 278 g/mol. The topological polar surface area (TPSA) is 52.0 Å². The van der Waals surface area contributed by atoms with E-state index in [1.54, 1.807) is 24.5 Å². The molecule has 0 aliphatic heterocycles. The van der Waals surface area contributed by atoms with Gasteiger partial charge in [0.15, 0.2) is 0 Å². The lowest BCUT2D eigenvalue weighted by Gasteiger charge is -2.21. The van der Waals surface area contributed by atoms with E-state index in [0.29, 0.717) is 5.56 Å². The molecule has 0 saturated carbocycles. The minimum Gasteiger partial charge on any atom is -0.434 e. The zero-order valence-corrected chi connectivity index (χ0v) is 12.1. The van der Waals surface area contributed by atoms with E-state index in [2.05, 4.69) is 20.3 Å². The van der Waals surface area contributed by atoms with Gasteiger partial charge >= 0.3 is 6.61 Å². The van der Waals surface area contributed by atoms with Crippen LogP contribution in [0.15, 0.2) is 30.6 Å². The van der Waals surface area contributed by atoms with Crippen LogP contribution in [-0.2, 0) is 7.05 Å². The standard InChI is InChI=1S/C14H18F2N4O/c1-9(18-10(2)13-19-17-8-20(13)3)11-6-4-5-7-12(11)21-14(15)16/h4-10,14,18H,1-3H3. The second kappa shape index (κ2) is 6.62. The van der Waals surface area contributed by atoms with Gasteiger partial charge in [-0.05, 0) is 19.9 Å². The van der Waals surface area contributed by atoms with Crippen LogP contribution in [0.1, 0.15) is 37.3 Å². The number of ether oxygens (including phenoxy) is 1. The molecule has 0 spiro atoms. The van der Waals surface area contributed by atoms with E-state index in [1.165, 1.54) is 6.07 Å². The lowest BCUT2D eigenvalue weighted by Crippen LogP contribution is -2.25. The molecule has 0 bridgehead atoms. The number of nitrogens with zero attached hydrogens (tertiary/aromatic N) is 3. The summed E-state index contributed by atoms with van der Waals surface area (Å²) in [5, 5.41) is 11.2. The van der Waals surface area contributed by atoms with Crippen LogP contribution in [0.5, 0.6) is 5.75 Å². The zero-order valence-electron chi connectivity index (χ0n) is 12.1. The van der Waals surface area contributed by atoms with Crippen molar-refractivity contribution in [1.82, 2.24) is 20.1 Å². The average Bonchev–Trinajstić information content (AvgIpc) is 2.85. The van der Waals surface area contributed by atoms with Gasteiger partial charge < -0.3 is 14.6 Å². The van der Waals surface area contributed by atoms with E-state index >= 15 is 0 Å². The van der Waals surface area contributed by atoms with Crippen molar-refractivity contribution >= 4 is 0 Å². The van der Waals surface area contributed by atoms with Gasteiger partial charge in [-0.3, -0.25) is 0 Å². The number of hydrogen-bond acceptors (Lipinski definition) is 4. The van der Waals surface area contributed by atoms with E-state index in [4.69, 9.17) is 0 Å². The Balaban J connectivity index is 2.13. The lowest BCUT2D eigenvalue weighted by molar-refractivity contribution is -0.0506. The number of para-hydroxylation sites is 1. The zero-order chi connectivity index (χ0) is 15.4. The minimum absolute atomic E-state index is 0.0768. The maximum Gasteiger partial charge on any atom is 0.387 e. The fraction of sp³-hybridized carbons (Fsp3) is 0.429. The number of nitrogens with one attached hydrogen (secondary N) is 1. The van der Waals surface area contributed by atoms with Crippen LogP contribution in [0.3, 0.4) is 0 Å². The molecule has 0 radical (unpaired) electrons. The smallest absolute Gasteiger partial charge is 0.387 e. The normalized spacial score (nSPS) is 14.2. The van der Waals surface area contributed by atoms with Crippen molar-refractivity contribution in [2.75, 3.05) is 0 Å². The molecule has 114 valence electrons. The summed E-state index contributed by atoms with van der Waals surface area (Å²) in [6.07, 6.45) is 1.62. The summed E-state index contributed by atoms with van der Waals surface area (Å²) in [6, 6.07) is 6.50.